The van der Waals surface area contributed by atoms with E-state index in [1.807, 2.05) is 32.0 Å². The van der Waals surface area contributed by atoms with Crippen molar-refractivity contribution in [3.05, 3.63) is 76.0 Å². The number of Topliss-reactive ketones (excluding diaryl/α,β-unsaturated/α-hetero) is 1. The number of hydrogen-bond acceptors (Lipinski definition) is 4. The van der Waals surface area contributed by atoms with Crippen molar-refractivity contribution in [2.75, 3.05) is 0 Å². The largest absolute Gasteiger partial charge is 0.294 e. The fraction of sp³-hybridized carbons (Fsp3) is 0.250. The van der Waals surface area contributed by atoms with Gasteiger partial charge < -0.3 is 0 Å². The lowest BCUT2D eigenvalue weighted by Gasteiger charge is -2.09. The van der Waals surface area contributed by atoms with Crippen LogP contribution in [0.2, 0.25) is 0 Å². The molecule has 0 fully saturated rings. The first-order valence-electron chi connectivity index (χ1n) is 10.3. The number of aromatic amines is 1. The van der Waals surface area contributed by atoms with Gasteiger partial charge in [0.05, 0.1) is 5.69 Å². The summed E-state index contributed by atoms with van der Waals surface area (Å²) in [4.78, 5) is 37.1. The summed E-state index contributed by atoms with van der Waals surface area (Å²) < 4.78 is 0. The Morgan fingerprint density at radius 2 is 1.68 bits per heavy atom. The van der Waals surface area contributed by atoms with E-state index in [1.165, 1.54) is 5.56 Å². The van der Waals surface area contributed by atoms with E-state index < -0.39 is 11.8 Å². The van der Waals surface area contributed by atoms with Crippen molar-refractivity contribution in [2.45, 2.75) is 39.5 Å². The van der Waals surface area contributed by atoms with Gasteiger partial charge in [0.15, 0.2) is 5.78 Å². The predicted molar refractivity (Wildman–Crippen MR) is 117 cm³/mol. The van der Waals surface area contributed by atoms with Crippen LogP contribution in [0.3, 0.4) is 0 Å². The summed E-state index contributed by atoms with van der Waals surface area (Å²) in [5, 5.41) is 6.90. The SMILES string of the molecule is Cc1ccc(-c2cc(C(=O)NNC(=O)c3ccc4c(c3)CCCCC4=O)[nH]n2)cc1C. The van der Waals surface area contributed by atoms with Crippen LogP contribution in [0, 0.1) is 13.8 Å². The zero-order valence-corrected chi connectivity index (χ0v) is 17.5. The number of aromatic nitrogens is 2. The lowest BCUT2D eigenvalue weighted by molar-refractivity contribution is 0.0844. The summed E-state index contributed by atoms with van der Waals surface area (Å²) in [6.07, 6.45) is 3.09. The molecule has 7 nitrogen and oxygen atoms in total. The summed E-state index contributed by atoms with van der Waals surface area (Å²) in [6.45, 7) is 4.06. The van der Waals surface area contributed by atoms with Crippen LogP contribution in [0.15, 0.2) is 42.5 Å². The Kier molecular flexibility index (Phi) is 5.66. The number of hydrogen-bond donors (Lipinski definition) is 3. The molecule has 1 aliphatic rings. The molecular formula is C24H24N4O3. The third-order valence-electron chi connectivity index (χ3n) is 5.68. The van der Waals surface area contributed by atoms with E-state index in [-0.39, 0.29) is 11.5 Å². The Bertz CT molecular complexity index is 1180. The number of fused-ring (bicyclic) bond motifs is 1. The molecule has 0 saturated heterocycles. The van der Waals surface area contributed by atoms with Crippen molar-refractivity contribution in [3.63, 3.8) is 0 Å². The molecule has 2 aromatic carbocycles. The number of H-pyrrole nitrogens is 1. The number of carbonyl (C=O) groups excluding carboxylic acids is 3. The third-order valence-corrected chi connectivity index (χ3v) is 5.68. The third kappa shape index (κ3) is 4.40. The van der Waals surface area contributed by atoms with E-state index in [4.69, 9.17) is 0 Å². The molecule has 158 valence electrons. The van der Waals surface area contributed by atoms with Gasteiger partial charge in [-0.1, -0.05) is 18.2 Å². The zero-order chi connectivity index (χ0) is 22.0. The molecule has 1 heterocycles. The molecule has 4 rings (SSSR count). The lowest BCUT2D eigenvalue weighted by atomic mass is 9.99. The number of carbonyl (C=O) groups is 3. The van der Waals surface area contributed by atoms with Gasteiger partial charge in [0.25, 0.3) is 11.8 Å². The van der Waals surface area contributed by atoms with Crippen molar-refractivity contribution in [3.8, 4) is 11.3 Å². The predicted octanol–water partition coefficient (Wildman–Crippen LogP) is 3.68. The van der Waals surface area contributed by atoms with E-state index >= 15 is 0 Å². The summed E-state index contributed by atoms with van der Waals surface area (Å²) in [6, 6.07) is 12.6. The van der Waals surface area contributed by atoms with Crippen LogP contribution in [-0.4, -0.2) is 27.8 Å². The van der Waals surface area contributed by atoms with Crippen LogP contribution in [-0.2, 0) is 6.42 Å². The van der Waals surface area contributed by atoms with Crippen molar-refractivity contribution >= 4 is 17.6 Å². The van der Waals surface area contributed by atoms with Gasteiger partial charge in [-0.2, -0.15) is 5.10 Å². The second-order valence-corrected chi connectivity index (χ2v) is 7.88. The van der Waals surface area contributed by atoms with E-state index in [1.54, 1.807) is 24.3 Å². The fourth-order valence-electron chi connectivity index (χ4n) is 3.69. The van der Waals surface area contributed by atoms with E-state index in [0.29, 0.717) is 23.2 Å². The van der Waals surface area contributed by atoms with Gasteiger partial charge in [0, 0.05) is 23.1 Å². The molecule has 0 spiro atoms. The summed E-state index contributed by atoms with van der Waals surface area (Å²) >= 11 is 0. The highest BCUT2D eigenvalue weighted by atomic mass is 16.2. The first-order valence-corrected chi connectivity index (χ1v) is 10.3. The Hall–Kier alpha value is -3.74. The van der Waals surface area contributed by atoms with Crippen LogP contribution in [0.25, 0.3) is 11.3 Å². The normalized spacial score (nSPS) is 13.3. The van der Waals surface area contributed by atoms with Crippen molar-refractivity contribution in [1.29, 1.82) is 0 Å². The highest BCUT2D eigenvalue weighted by molar-refractivity contribution is 6.01. The quantitative estimate of drug-likeness (QED) is 0.447. The van der Waals surface area contributed by atoms with Crippen LogP contribution in [0.1, 0.15) is 67.2 Å². The minimum atomic E-state index is -0.499. The molecule has 3 N–H and O–H groups in total. The van der Waals surface area contributed by atoms with Crippen LogP contribution in [0.4, 0.5) is 0 Å². The minimum Gasteiger partial charge on any atom is -0.294 e. The fourth-order valence-corrected chi connectivity index (χ4v) is 3.69. The average molecular weight is 416 g/mol. The van der Waals surface area contributed by atoms with Crippen molar-refractivity contribution in [1.82, 2.24) is 21.0 Å². The molecule has 0 aliphatic heterocycles. The molecule has 0 bridgehead atoms. The molecule has 0 unspecified atom stereocenters. The highest BCUT2D eigenvalue weighted by Crippen LogP contribution is 2.22. The standard InChI is InChI=1S/C24H24N4O3/c1-14-7-8-17(11-15(14)2)20-13-21(26-25-20)24(31)28-27-23(30)18-9-10-19-16(12-18)5-3-4-6-22(19)29/h7-13H,3-6H2,1-2H3,(H,25,26)(H,27,30)(H,28,31). The number of rotatable bonds is 3. The van der Waals surface area contributed by atoms with Crippen LogP contribution < -0.4 is 10.9 Å². The van der Waals surface area contributed by atoms with E-state index in [2.05, 4.69) is 21.0 Å². The van der Waals surface area contributed by atoms with Gasteiger partial charge in [-0.25, -0.2) is 0 Å². The minimum absolute atomic E-state index is 0.117. The maximum atomic E-state index is 12.5. The van der Waals surface area contributed by atoms with Crippen molar-refractivity contribution in [2.24, 2.45) is 0 Å². The maximum absolute atomic E-state index is 12.5. The number of benzene rings is 2. The topological polar surface area (TPSA) is 104 Å². The number of nitrogens with zero attached hydrogens (tertiary/aromatic N) is 1. The smallest absolute Gasteiger partial charge is 0.287 e. The summed E-state index contributed by atoms with van der Waals surface area (Å²) in [5.74, 6) is -0.825. The Morgan fingerprint density at radius 1 is 0.903 bits per heavy atom. The number of ketones is 1. The molecule has 0 atom stereocenters. The molecule has 0 saturated carbocycles. The molecule has 2 amide bonds. The maximum Gasteiger partial charge on any atom is 0.287 e. The first-order chi connectivity index (χ1) is 14.9. The van der Waals surface area contributed by atoms with E-state index in [9.17, 15) is 14.4 Å². The monoisotopic (exact) mass is 416 g/mol. The van der Waals surface area contributed by atoms with Gasteiger partial charge in [0.1, 0.15) is 5.69 Å². The number of nitrogens with one attached hydrogen (secondary N) is 3. The summed E-state index contributed by atoms with van der Waals surface area (Å²) in [5.41, 5.74) is 10.9. The molecular weight excluding hydrogens is 392 g/mol. The Morgan fingerprint density at radius 3 is 2.48 bits per heavy atom. The first kappa shape index (κ1) is 20.5. The molecule has 1 aliphatic carbocycles. The summed E-state index contributed by atoms with van der Waals surface area (Å²) in [7, 11) is 0. The molecule has 0 radical (unpaired) electrons. The average Bonchev–Trinajstić information content (AvgIpc) is 3.19. The van der Waals surface area contributed by atoms with Gasteiger partial charge in [-0.05, 0) is 74.1 Å². The number of aryl methyl sites for hydroxylation is 3. The van der Waals surface area contributed by atoms with Crippen molar-refractivity contribution < 1.29 is 14.4 Å². The molecule has 1 aromatic heterocycles. The number of hydrazine groups is 1. The van der Waals surface area contributed by atoms with Gasteiger partial charge in [0.2, 0.25) is 0 Å². The van der Waals surface area contributed by atoms with Gasteiger partial charge >= 0.3 is 0 Å². The lowest BCUT2D eigenvalue weighted by Crippen LogP contribution is -2.41. The highest BCUT2D eigenvalue weighted by Gasteiger charge is 2.18. The second kappa shape index (κ2) is 8.55. The van der Waals surface area contributed by atoms with E-state index in [0.717, 1.165) is 36.0 Å². The molecule has 3 aromatic rings. The Labute approximate surface area is 180 Å². The van der Waals surface area contributed by atoms with Gasteiger partial charge in [-0.3, -0.25) is 30.3 Å². The van der Waals surface area contributed by atoms with Crippen LogP contribution >= 0.6 is 0 Å². The second-order valence-electron chi connectivity index (χ2n) is 7.88. The van der Waals surface area contributed by atoms with Gasteiger partial charge in [-0.15, -0.1) is 0 Å². The molecule has 7 heteroatoms. The zero-order valence-electron chi connectivity index (χ0n) is 17.5. The molecule has 31 heavy (non-hydrogen) atoms. The number of amides is 2. The van der Waals surface area contributed by atoms with Crippen LogP contribution in [0.5, 0.6) is 0 Å². The Balaban J connectivity index is 1.41.